The van der Waals surface area contributed by atoms with E-state index in [0.717, 1.165) is 0 Å². The van der Waals surface area contributed by atoms with Crippen LogP contribution in [0.4, 0.5) is 13.2 Å². The first-order valence-corrected chi connectivity index (χ1v) is 5.18. The van der Waals surface area contributed by atoms with E-state index in [2.05, 4.69) is 4.74 Å². The number of carbonyl (C=O) groups excluding carboxylic acids is 1. The highest BCUT2D eigenvalue weighted by Crippen LogP contribution is 2.40. The quantitative estimate of drug-likeness (QED) is 0.622. The van der Waals surface area contributed by atoms with Crippen LogP contribution in [0.2, 0.25) is 0 Å². The van der Waals surface area contributed by atoms with Crippen molar-refractivity contribution in [2.75, 3.05) is 6.61 Å². The first kappa shape index (κ1) is 15.8. The molecule has 0 fully saturated rings. The van der Waals surface area contributed by atoms with Gasteiger partial charge in [-0.25, -0.2) is 4.79 Å². The molecule has 0 aromatic carbocycles. The van der Waals surface area contributed by atoms with Gasteiger partial charge in [-0.05, 0) is 6.42 Å². The molecule has 8 heteroatoms. The Morgan fingerprint density at radius 2 is 1.94 bits per heavy atom. The SMILES string of the molecule is CCCC(O)COC(=O)C(Cl)(Cl)C(F)(F)F. The number of halogens is 5. The van der Waals surface area contributed by atoms with Crippen LogP contribution in [0.1, 0.15) is 19.8 Å². The van der Waals surface area contributed by atoms with Gasteiger partial charge in [-0.15, -0.1) is 0 Å². The normalized spacial score (nSPS) is 14.7. The van der Waals surface area contributed by atoms with Crippen LogP contribution >= 0.6 is 23.2 Å². The second-order valence-corrected chi connectivity index (χ2v) is 4.44. The Kier molecular flexibility index (Phi) is 5.86. The number of carbonyl (C=O) groups is 1. The highest BCUT2D eigenvalue weighted by atomic mass is 35.5. The van der Waals surface area contributed by atoms with E-state index in [9.17, 15) is 18.0 Å². The second-order valence-electron chi connectivity index (χ2n) is 3.11. The molecule has 0 heterocycles. The van der Waals surface area contributed by atoms with Crippen LogP contribution in [0.3, 0.4) is 0 Å². The van der Waals surface area contributed by atoms with Crippen molar-refractivity contribution in [2.24, 2.45) is 0 Å². The third kappa shape index (κ3) is 4.35. The molecule has 0 amide bonds. The van der Waals surface area contributed by atoms with E-state index in [1.54, 1.807) is 6.92 Å². The molecular weight excluding hydrogens is 272 g/mol. The summed E-state index contributed by atoms with van der Waals surface area (Å²) >= 11 is 9.62. The number of rotatable bonds is 5. The highest BCUT2D eigenvalue weighted by molar-refractivity contribution is 6.58. The first-order valence-electron chi connectivity index (χ1n) is 4.42. The number of esters is 1. The van der Waals surface area contributed by atoms with E-state index < -0.39 is 29.2 Å². The van der Waals surface area contributed by atoms with E-state index in [1.165, 1.54) is 0 Å². The van der Waals surface area contributed by atoms with Crippen LogP contribution in [0.15, 0.2) is 0 Å². The van der Waals surface area contributed by atoms with Gasteiger partial charge in [-0.3, -0.25) is 0 Å². The molecule has 96 valence electrons. The van der Waals surface area contributed by atoms with Crippen molar-refractivity contribution in [3.8, 4) is 0 Å². The summed E-state index contributed by atoms with van der Waals surface area (Å²) in [6.07, 6.45) is -5.24. The van der Waals surface area contributed by atoms with E-state index in [1.807, 2.05) is 0 Å². The van der Waals surface area contributed by atoms with Crippen molar-refractivity contribution in [3.63, 3.8) is 0 Å². The number of aliphatic hydroxyl groups excluding tert-OH is 1. The van der Waals surface area contributed by atoms with Crippen molar-refractivity contribution in [3.05, 3.63) is 0 Å². The molecule has 0 saturated carbocycles. The average molecular weight is 283 g/mol. The van der Waals surface area contributed by atoms with Crippen molar-refractivity contribution in [1.82, 2.24) is 0 Å². The summed E-state index contributed by atoms with van der Waals surface area (Å²) in [5, 5.41) is 9.12. The Balaban J connectivity index is 4.27. The molecule has 1 unspecified atom stereocenters. The Hall–Kier alpha value is -0.200. The zero-order valence-corrected chi connectivity index (χ0v) is 9.86. The monoisotopic (exact) mass is 282 g/mol. The van der Waals surface area contributed by atoms with Gasteiger partial charge >= 0.3 is 16.5 Å². The van der Waals surface area contributed by atoms with Crippen LogP contribution in [0.25, 0.3) is 0 Å². The van der Waals surface area contributed by atoms with Crippen molar-refractivity contribution in [2.45, 2.75) is 36.4 Å². The van der Waals surface area contributed by atoms with Gasteiger partial charge in [-0.2, -0.15) is 13.2 Å². The smallest absolute Gasteiger partial charge is 0.432 e. The third-order valence-corrected chi connectivity index (χ3v) is 2.38. The fourth-order valence-corrected chi connectivity index (χ4v) is 0.904. The molecule has 1 N–H and O–H groups in total. The Bertz CT molecular complexity index is 243. The molecule has 0 radical (unpaired) electrons. The minimum Gasteiger partial charge on any atom is -0.460 e. The molecular formula is C8H11Cl2F3O3. The lowest BCUT2D eigenvalue weighted by Gasteiger charge is -2.21. The van der Waals surface area contributed by atoms with Crippen molar-refractivity contribution in [1.29, 1.82) is 0 Å². The van der Waals surface area contributed by atoms with Crippen LogP contribution in [0, 0.1) is 0 Å². The molecule has 1 atom stereocenters. The van der Waals surface area contributed by atoms with Crippen LogP contribution in [-0.2, 0) is 9.53 Å². The van der Waals surface area contributed by atoms with Gasteiger partial charge in [0.2, 0.25) is 0 Å². The van der Waals surface area contributed by atoms with Gasteiger partial charge in [0.05, 0.1) is 6.10 Å². The molecule has 16 heavy (non-hydrogen) atoms. The van der Waals surface area contributed by atoms with Gasteiger partial charge in [0.15, 0.2) is 0 Å². The Labute approximate surface area is 100 Å². The van der Waals surface area contributed by atoms with E-state index in [-0.39, 0.29) is 0 Å². The van der Waals surface area contributed by atoms with E-state index in [0.29, 0.717) is 12.8 Å². The summed E-state index contributed by atoms with van der Waals surface area (Å²) in [6.45, 7) is 1.19. The number of ether oxygens (including phenoxy) is 1. The fraction of sp³-hybridized carbons (Fsp3) is 0.875. The summed E-state index contributed by atoms with van der Waals surface area (Å²) in [5.74, 6) is -1.83. The number of hydrogen-bond donors (Lipinski definition) is 1. The Morgan fingerprint density at radius 3 is 2.31 bits per heavy atom. The molecule has 0 saturated heterocycles. The number of alkyl halides is 5. The maximum Gasteiger partial charge on any atom is 0.432 e. The summed E-state index contributed by atoms with van der Waals surface area (Å²) < 4.78 is 37.0. The first-order chi connectivity index (χ1) is 7.13. The van der Waals surface area contributed by atoms with Crippen LogP contribution < -0.4 is 0 Å². The standard InChI is InChI=1S/C8H11Cl2F3O3/c1-2-3-5(14)4-16-6(15)7(9,10)8(11,12)13/h5,14H,2-4H2,1H3. The molecule has 0 rings (SSSR count). The maximum absolute atomic E-state index is 12.1. The second kappa shape index (κ2) is 5.93. The zero-order valence-electron chi connectivity index (χ0n) is 8.35. The molecule has 0 aliphatic carbocycles. The number of hydrogen-bond acceptors (Lipinski definition) is 3. The summed E-state index contributed by atoms with van der Waals surface area (Å²) in [4.78, 5) is 10.9. The van der Waals surface area contributed by atoms with Crippen LogP contribution in [0.5, 0.6) is 0 Å². The fourth-order valence-electron chi connectivity index (χ4n) is 0.795. The van der Waals surface area contributed by atoms with Gasteiger partial charge in [0.1, 0.15) is 6.61 Å². The topological polar surface area (TPSA) is 46.5 Å². The van der Waals surface area contributed by atoms with Gasteiger partial charge in [0.25, 0.3) is 0 Å². The molecule has 0 bridgehead atoms. The van der Waals surface area contributed by atoms with Gasteiger partial charge in [-0.1, -0.05) is 36.5 Å². The lowest BCUT2D eigenvalue weighted by atomic mass is 10.2. The largest absolute Gasteiger partial charge is 0.460 e. The zero-order chi connectivity index (χ0) is 13.0. The highest BCUT2D eigenvalue weighted by Gasteiger charge is 2.60. The van der Waals surface area contributed by atoms with Crippen molar-refractivity contribution < 1.29 is 27.8 Å². The predicted molar refractivity (Wildman–Crippen MR) is 52.4 cm³/mol. The molecule has 0 aliphatic rings. The summed E-state index contributed by atoms with van der Waals surface area (Å²) in [7, 11) is 0. The Morgan fingerprint density at radius 1 is 1.44 bits per heavy atom. The van der Waals surface area contributed by atoms with Crippen molar-refractivity contribution >= 4 is 29.2 Å². The predicted octanol–water partition coefficient (Wildman–Crippen LogP) is 2.43. The average Bonchev–Trinajstić information content (AvgIpc) is 2.12. The van der Waals surface area contributed by atoms with Gasteiger partial charge in [0, 0.05) is 0 Å². The number of aliphatic hydroxyl groups is 1. The minimum atomic E-state index is -5.12. The minimum absolute atomic E-state index is 0.302. The lowest BCUT2D eigenvalue weighted by molar-refractivity contribution is -0.177. The molecule has 0 spiro atoms. The summed E-state index contributed by atoms with van der Waals surface area (Å²) in [5.41, 5.74) is 0. The molecule has 0 aliphatic heterocycles. The van der Waals surface area contributed by atoms with Crippen LogP contribution in [-0.4, -0.2) is 34.3 Å². The van der Waals surface area contributed by atoms with E-state index in [4.69, 9.17) is 28.3 Å². The molecule has 0 aromatic rings. The molecule has 3 nitrogen and oxygen atoms in total. The van der Waals surface area contributed by atoms with E-state index >= 15 is 0 Å². The summed E-state index contributed by atoms with van der Waals surface area (Å²) in [6, 6.07) is 0. The third-order valence-electron chi connectivity index (χ3n) is 1.64. The lowest BCUT2D eigenvalue weighted by Crippen LogP contribution is -2.43. The maximum atomic E-state index is 12.1. The molecule has 0 aromatic heterocycles. The van der Waals surface area contributed by atoms with Gasteiger partial charge < -0.3 is 9.84 Å².